The zero-order valence-corrected chi connectivity index (χ0v) is 11.1. The molecule has 0 fully saturated rings. The number of aromatic nitrogens is 2. The number of carbonyl (C=O) groups is 1. The topological polar surface area (TPSA) is 46.1 Å². The number of hydrogen-bond donors (Lipinski definition) is 0. The Morgan fingerprint density at radius 1 is 1.37 bits per heavy atom. The molecule has 0 saturated carbocycles. The number of anilines is 2. The maximum absolute atomic E-state index is 13.2. The lowest BCUT2D eigenvalue weighted by Crippen LogP contribution is -2.15. The van der Waals surface area contributed by atoms with E-state index in [-0.39, 0.29) is 16.5 Å². The van der Waals surface area contributed by atoms with Crippen molar-refractivity contribution in [1.29, 1.82) is 0 Å². The number of halogens is 2. The Bertz CT molecular complexity index is 633. The van der Waals surface area contributed by atoms with E-state index in [2.05, 4.69) is 9.97 Å². The summed E-state index contributed by atoms with van der Waals surface area (Å²) in [6, 6.07) is 5.98. The Morgan fingerprint density at radius 3 is 2.74 bits per heavy atom. The molecule has 0 aliphatic rings. The predicted octanol–water partition coefficient (Wildman–Crippen LogP) is 3.16. The lowest BCUT2D eigenvalue weighted by Gasteiger charge is -2.20. The van der Waals surface area contributed by atoms with Gasteiger partial charge in [0.15, 0.2) is 6.29 Å². The van der Waals surface area contributed by atoms with E-state index in [1.165, 1.54) is 12.1 Å². The van der Waals surface area contributed by atoms with Crippen LogP contribution in [0.2, 0.25) is 5.15 Å². The minimum atomic E-state index is -0.367. The molecule has 0 aliphatic carbocycles. The third-order valence-electron chi connectivity index (χ3n) is 2.62. The average molecular weight is 280 g/mol. The van der Waals surface area contributed by atoms with Crippen LogP contribution in [0.15, 0.2) is 24.3 Å². The van der Waals surface area contributed by atoms with Crippen molar-refractivity contribution in [3.05, 3.63) is 46.6 Å². The van der Waals surface area contributed by atoms with E-state index < -0.39 is 0 Å². The van der Waals surface area contributed by atoms with Gasteiger partial charge >= 0.3 is 0 Å². The van der Waals surface area contributed by atoms with Gasteiger partial charge in [-0.15, -0.1) is 0 Å². The van der Waals surface area contributed by atoms with Crippen LogP contribution in [-0.2, 0) is 0 Å². The van der Waals surface area contributed by atoms with E-state index in [9.17, 15) is 9.18 Å². The molecular formula is C13H11ClFN3O. The standard InChI is InChI=1S/C13H11ClFN3O/c1-8-16-12(14)11(7-19)13(17-8)18(2)10-5-3-4-9(15)6-10/h3-7H,1-2H3. The molecule has 1 aromatic carbocycles. The highest BCUT2D eigenvalue weighted by molar-refractivity contribution is 6.32. The van der Waals surface area contributed by atoms with Crippen LogP contribution in [0.4, 0.5) is 15.9 Å². The highest BCUT2D eigenvalue weighted by Crippen LogP contribution is 2.28. The summed E-state index contributed by atoms with van der Waals surface area (Å²) < 4.78 is 13.2. The van der Waals surface area contributed by atoms with E-state index >= 15 is 0 Å². The smallest absolute Gasteiger partial charge is 0.156 e. The molecule has 0 unspecified atom stereocenters. The van der Waals surface area contributed by atoms with Gasteiger partial charge in [-0.25, -0.2) is 14.4 Å². The van der Waals surface area contributed by atoms with E-state index in [0.29, 0.717) is 23.6 Å². The summed E-state index contributed by atoms with van der Waals surface area (Å²) in [6.07, 6.45) is 0.590. The van der Waals surface area contributed by atoms with Crippen LogP contribution in [0.5, 0.6) is 0 Å². The van der Waals surface area contributed by atoms with Crippen LogP contribution in [0.1, 0.15) is 16.2 Å². The molecule has 1 heterocycles. The first kappa shape index (κ1) is 13.4. The maximum atomic E-state index is 13.2. The minimum Gasteiger partial charge on any atom is -0.329 e. The Kier molecular flexibility index (Phi) is 3.76. The van der Waals surface area contributed by atoms with Crippen molar-refractivity contribution in [3.63, 3.8) is 0 Å². The molecule has 0 radical (unpaired) electrons. The third-order valence-corrected chi connectivity index (χ3v) is 2.91. The van der Waals surface area contributed by atoms with E-state index in [1.54, 1.807) is 31.0 Å². The Balaban J connectivity index is 2.55. The summed E-state index contributed by atoms with van der Waals surface area (Å²) in [5.41, 5.74) is 0.747. The van der Waals surface area contributed by atoms with Crippen molar-refractivity contribution < 1.29 is 9.18 Å². The molecular weight excluding hydrogens is 269 g/mol. The normalized spacial score (nSPS) is 10.3. The fraction of sp³-hybridized carbons (Fsp3) is 0.154. The zero-order chi connectivity index (χ0) is 14.0. The molecule has 1 aromatic heterocycles. The fourth-order valence-electron chi connectivity index (χ4n) is 1.70. The van der Waals surface area contributed by atoms with Gasteiger partial charge in [0.2, 0.25) is 0 Å². The first-order chi connectivity index (χ1) is 9.02. The van der Waals surface area contributed by atoms with E-state index in [4.69, 9.17) is 11.6 Å². The molecule has 2 aromatic rings. The van der Waals surface area contributed by atoms with Gasteiger partial charge in [0, 0.05) is 12.7 Å². The quantitative estimate of drug-likeness (QED) is 0.639. The number of rotatable bonds is 3. The van der Waals surface area contributed by atoms with Gasteiger partial charge in [-0.05, 0) is 25.1 Å². The number of aryl methyl sites for hydroxylation is 1. The van der Waals surface area contributed by atoms with Gasteiger partial charge in [-0.3, -0.25) is 4.79 Å². The molecule has 19 heavy (non-hydrogen) atoms. The van der Waals surface area contributed by atoms with Gasteiger partial charge in [-0.2, -0.15) is 0 Å². The van der Waals surface area contributed by atoms with Gasteiger partial charge in [-0.1, -0.05) is 17.7 Å². The second-order valence-electron chi connectivity index (χ2n) is 3.96. The van der Waals surface area contributed by atoms with E-state index in [1.807, 2.05) is 0 Å². The lowest BCUT2D eigenvalue weighted by atomic mass is 10.2. The number of benzene rings is 1. The molecule has 0 aliphatic heterocycles. The average Bonchev–Trinajstić information content (AvgIpc) is 2.37. The first-order valence-corrected chi connectivity index (χ1v) is 5.89. The molecule has 4 nitrogen and oxygen atoms in total. The minimum absolute atomic E-state index is 0.0840. The number of nitrogens with zero attached hydrogens (tertiary/aromatic N) is 3. The van der Waals surface area contributed by atoms with Gasteiger partial charge < -0.3 is 4.90 Å². The molecule has 0 atom stereocenters. The van der Waals surface area contributed by atoms with Crippen LogP contribution in [-0.4, -0.2) is 23.3 Å². The Hall–Kier alpha value is -2.01. The summed E-state index contributed by atoms with van der Waals surface area (Å²) in [5, 5.41) is 0.0840. The maximum Gasteiger partial charge on any atom is 0.156 e. The lowest BCUT2D eigenvalue weighted by molar-refractivity contribution is 0.112. The molecule has 0 bridgehead atoms. The second kappa shape index (κ2) is 5.32. The van der Waals surface area contributed by atoms with Gasteiger partial charge in [0.1, 0.15) is 22.6 Å². The first-order valence-electron chi connectivity index (χ1n) is 5.51. The summed E-state index contributed by atoms with van der Waals surface area (Å²) in [4.78, 5) is 20.8. The van der Waals surface area contributed by atoms with Gasteiger partial charge in [0.25, 0.3) is 0 Å². The monoisotopic (exact) mass is 279 g/mol. The molecule has 98 valence electrons. The summed E-state index contributed by atoms with van der Waals surface area (Å²) in [5.74, 6) is 0.417. The molecule has 0 saturated heterocycles. The van der Waals surface area contributed by atoms with Crippen LogP contribution >= 0.6 is 11.6 Å². The second-order valence-corrected chi connectivity index (χ2v) is 4.31. The van der Waals surface area contributed by atoms with Crippen molar-refractivity contribution in [1.82, 2.24) is 9.97 Å². The molecule has 0 spiro atoms. The third kappa shape index (κ3) is 2.71. The Labute approximate surface area is 114 Å². The molecule has 2 rings (SSSR count). The molecule has 6 heteroatoms. The van der Waals surface area contributed by atoms with Crippen LogP contribution in [0, 0.1) is 12.7 Å². The van der Waals surface area contributed by atoms with Crippen molar-refractivity contribution >= 4 is 29.4 Å². The van der Waals surface area contributed by atoms with E-state index in [0.717, 1.165) is 0 Å². The van der Waals surface area contributed by atoms with Crippen LogP contribution in [0.3, 0.4) is 0 Å². The van der Waals surface area contributed by atoms with Crippen LogP contribution < -0.4 is 4.90 Å². The highest BCUT2D eigenvalue weighted by Gasteiger charge is 2.16. The van der Waals surface area contributed by atoms with Crippen molar-refractivity contribution in [3.8, 4) is 0 Å². The van der Waals surface area contributed by atoms with Crippen molar-refractivity contribution in [2.24, 2.45) is 0 Å². The van der Waals surface area contributed by atoms with Crippen molar-refractivity contribution in [2.45, 2.75) is 6.92 Å². The van der Waals surface area contributed by atoms with Crippen molar-refractivity contribution in [2.75, 3.05) is 11.9 Å². The largest absolute Gasteiger partial charge is 0.329 e. The number of carbonyl (C=O) groups excluding carboxylic acids is 1. The summed E-state index contributed by atoms with van der Waals surface area (Å²) >= 11 is 5.91. The van der Waals surface area contributed by atoms with Gasteiger partial charge in [0.05, 0.1) is 5.56 Å². The number of hydrogen-bond acceptors (Lipinski definition) is 4. The molecule has 0 N–H and O–H groups in total. The number of aldehydes is 1. The SMILES string of the molecule is Cc1nc(Cl)c(C=O)c(N(C)c2cccc(F)c2)n1. The zero-order valence-electron chi connectivity index (χ0n) is 10.4. The Morgan fingerprint density at radius 2 is 2.11 bits per heavy atom. The van der Waals surface area contributed by atoms with Crippen LogP contribution in [0.25, 0.3) is 0 Å². The predicted molar refractivity (Wildman–Crippen MR) is 71.6 cm³/mol. The molecule has 0 amide bonds. The summed E-state index contributed by atoms with van der Waals surface area (Å²) in [6.45, 7) is 1.67. The highest BCUT2D eigenvalue weighted by atomic mass is 35.5. The fourth-order valence-corrected chi connectivity index (χ4v) is 1.95. The summed E-state index contributed by atoms with van der Waals surface area (Å²) in [7, 11) is 1.68.